The maximum absolute atomic E-state index is 15.6. The molecular formula is C18H2F30O4. The highest BCUT2D eigenvalue weighted by atomic mass is 19.4. The van der Waals surface area contributed by atoms with Crippen LogP contribution in [0.1, 0.15) is 0 Å². The van der Waals surface area contributed by atoms with E-state index in [1.54, 1.807) is 0 Å². The van der Waals surface area contributed by atoms with Crippen LogP contribution < -0.4 is 0 Å². The molecule has 0 aromatic carbocycles. The maximum atomic E-state index is 15.6. The molecule has 0 spiro atoms. The molecule has 4 aliphatic rings. The van der Waals surface area contributed by atoms with E-state index in [2.05, 4.69) is 0 Å². The van der Waals surface area contributed by atoms with Gasteiger partial charge in [-0.3, -0.25) is 9.47 Å². The van der Waals surface area contributed by atoms with E-state index in [1.165, 1.54) is 9.47 Å². The highest BCUT2D eigenvalue weighted by molar-refractivity contribution is 5.55. The van der Waals surface area contributed by atoms with Crippen LogP contribution in [0.5, 0.6) is 0 Å². The van der Waals surface area contributed by atoms with E-state index in [1.807, 2.05) is 0 Å². The van der Waals surface area contributed by atoms with Crippen molar-refractivity contribution in [3.63, 3.8) is 0 Å². The van der Waals surface area contributed by atoms with Crippen molar-refractivity contribution < 1.29 is 151 Å². The van der Waals surface area contributed by atoms with Crippen molar-refractivity contribution in [2.75, 3.05) is 0 Å². The molecule has 4 aliphatic carbocycles. The standard InChI is InChI=1S/C18H2F30O4/c19-1-5(21,22)2(20)8(27,28)3(6(1,23)24,51-17(45,46)13(37,49)11(33,34)15(39,40)41)10(31,32)4(7(1,25)26,9(2,29)30)52-18(47,48)14(38,50)12(35,36)16(42,43)44/h49-50H. The summed E-state index contributed by atoms with van der Waals surface area (Å²) in [4.78, 5) is 0. The summed E-state index contributed by atoms with van der Waals surface area (Å²) in [5, 5.41) is 17.0. The number of rotatable bonds is 8. The van der Waals surface area contributed by atoms with Crippen LogP contribution in [-0.2, 0) is 9.47 Å². The molecule has 0 radical (unpaired) electrons. The van der Waals surface area contributed by atoms with E-state index in [0.29, 0.717) is 0 Å². The Balaban J connectivity index is 2.71. The van der Waals surface area contributed by atoms with Crippen molar-refractivity contribution in [2.24, 2.45) is 0 Å². The van der Waals surface area contributed by atoms with Crippen LogP contribution in [0.25, 0.3) is 0 Å². The molecule has 34 heteroatoms. The average Bonchev–Trinajstić information content (AvgIpc) is 2.88. The third-order valence-electron chi connectivity index (χ3n) is 8.13. The molecule has 308 valence electrons. The Morgan fingerprint density at radius 1 is 0.308 bits per heavy atom. The molecule has 4 nitrogen and oxygen atoms in total. The maximum Gasteiger partial charge on any atom is 0.459 e. The number of hydrogen-bond donors (Lipinski definition) is 2. The van der Waals surface area contributed by atoms with Crippen molar-refractivity contribution in [3.8, 4) is 0 Å². The minimum Gasteiger partial charge on any atom is -0.350 e. The zero-order valence-corrected chi connectivity index (χ0v) is 22.0. The summed E-state index contributed by atoms with van der Waals surface area (Å²) in [6, 6.07) is 0. The highest BCUT2D eigenvalue weighted by Crippen LogP contribution is 2.89. The SMILES string of the molecule is OC(F)(C(F)(F)OC12C(F)(F)C3(F)C(F)(F)C(F)(C1(F)F)C(F)(F)C(OC(F)(F)C(O)(F)C(F)(F)C(F)(F)F)(C3(F)F)C2(F)F)C(F)(F)C(F)(F)F. The lowest BCUT2D eigenvalue weighted by atomic mass is 9.39. The van der Waals surface area contributed by atoms with Gasteiger partial charge in [0.25, 0.3) is 11.2 Å². The molecule has 4 saturated carbocycles. The van der Waals surface area contributed by atoms with Gasteiger partial charge in [0.1, 0.15) is 0 Å². The highest BCUT2D eigenvalue weighted by Gasteiger charge is 3.24. The summed E-state index contributed by atoms with van der Waals surface area (Å²) in [5.41, 5.74) is -38.0. The predicted octanol–water partition coefficient (Wildman–Crippen LogP) is 7.66. The second-order valence-corrected chi connectivity index (χ2v) is 10.8. The van der Waals surface area contributed by atoms with E-state index in [9.17, 15) is 79.0 Å². The Kier molecular flexibility index (Phi) is 8.12. The van der Waals surface area contributed by atoms with Crippen LogP contribution in [0.15, 0.2) is 0 Å². The molecule has 2 unspecified atom stereocenters. The van der Waals surface area contributed by atoms with Crippen LogP contribution in [0.3, 0.4) is 0 Å². The fourth-order valence-corrected chi connectivity index (χ4v) is 5.47. The van der Waals surface area contributed by atoms with Gasteiger partial charge >= 0.3 is 95.0 Å². The summed E-state index contributed by atoms with van der Waals surface area (Å²) >= 11 is 0. The molecule has 2 N–H and O–H groups in total. The van der Waals surface area contributed by atoms with Crippen molar-refractivity contribution in [1.29, 1.82) is 0 Å². The Labute approximate surface area is 259 Å². The third-order valence-corrected chi connectivity index (χ3v) is 8.13. The monoisotopic (exact) mass is 852 g/mol. The van der Waals surface area contributed by atoms with E-state index >= 15 is 52.7 Å². The first-order chi connectivity index (χ1) is 21.9. The van der Waals surface area contributed by atoms with Gasteiger partial charge in [-0.05, 0) is 0 Å². The fraction of sp³-hybridized carbons (Fsp3) is 1.00. The van der Waals surface area contributed by atoms with Crippen molar-refractivity contribution in [1.82, 2.24) is 0 Å². The smallest absolute Gasteiger partial charge is 0.350 e. The van der Waals surface area contributed by atoms with Gasteiger partial charge in [0.2, 0.25) is 0 Å². The largest absolute Gasteiger partial charge is 0.459 e. The third kappa shape index (κ3) is 3.54. The van der Waals surface area contributed by atoms with Crippen molar-refractivity contribution in [2.45, 2.75) is 106 Å². The molecule has 2 atom stereocenters. The summed E-state index contributed by atoms with van der Waals surface area (Å²) in [6.45, 7) is 0. The van der Waals surface area contributed by atoms with Gasteiger partial charge < -0.3 is 10.2 Å². The molecule has 0 amide bonds. The summed E-state index contributed by atoms with van der Waals surface area (Å²) < 4.78 is 429. The summed E-state index contributed by atoms with van der Waals surface area (Å²) in [7, 11) is 0. The Morgan fingerprint density at radius 2 is 0.500 bits per heavy atom. The minimum atomic E-state index is -9.82. The number of hydrogen-bond acceptors (Lipinski definition) is 4. The molecule has 0 heterocycles. The van der Waals surface area contributed by atoms with E-state index < -0.39 is 106 Å². The minimum absolute atomic E-state index is 1.21. The van der Waals surface area contributed by atoms with Crippen molar-refractivity contribution in [3.05, 3.63) is 0 Å². The molecule has 0 saturated heterocycles. The first-order valence-electron chi connectivity index (χ1n) is 11.4. The first kappa shape index (κ1) is 44.1. The second kappa shape index (κ2) is 9.57. The lowest BCUT2D eigenvalue weighted by Gasteiger charge is -2.76. The normalized spacial score (nSPS) is 37.4. The van der Waals surface area contributed by atoms with E-state index in [0.717, 1.165) is 0 Å². The number of aliphatic hydroxyl groups is 2. The van der Waals surface area contributed by atoms with Crippen LogP contribution in [-0.4, -0.2) is 116 Å². The van der Waals surface area contributed by atoms with E-state index in [4.69, 9.17) is 10.2 Å². The van der Waals surface area contributed by atoms with Gasteiger partial charge in [-0.25, -0.2) is 8.78 Å². The Hall–Kier alpha value is -2.26. The molecule has 52 heavy (non-hydrogen) atoms. The zero-order valence-electron chi connectivity index (χ0n) is 22.0. The van der Waals surface area contributed by atoms with Gasteiger partial charge in [-0.15, -0.1) is 0 Å². The van der Waals surface area contributed by atoms with Gasteiger partial charge in [-0.2, -0.15) is 123 Å². The van der Waals surface area contributed by atoms with Crippen molar-refractivity contribution >= 4 is 0 Å². The van der Waals surface area contributed by atoms with E-state index in [-0.39, 0.29) is 0 Å². The Morgan fingerprint density at radius 3 is 0.673 bits per heavy atom. The number of ether oxygens (including phenoxy) is 2. The first-order valence-corrected chi connectivity index (χ1v) is 11.4. The van der Waals surface area contributed by atoms with Crippen LogP contribution in [0.4, 0.5) is 132 Å². The number of halogens is 30. The average molecular weight is 852 g/mol. The number of alkyl halides is 30. The van der Waals surface area contributed by atoms with Gasteiger partial charge in [-0.1, -0.05) is 0 Å². The summed E-state index contributed by atoms with van der Waals surface area (Å²) in [5.74, 6) is -91.9. The molecule has 0 aliphatic heterocycles. The molecule has 4 rings (SSSR count). The molecule has 4 fully saturated rings. The second-order valence-electron chi connectivity index (χ2n) is 10.8. The van der Waals surface area contributed by atoms with Gasteiger partial charge in [0, 0.05) is 0 Å². The van der Waals surface area contributed by atoms with Gasteiger partial charge in [0.05, 0.1) is 0 Å². The molecule has 0 aromatic rings. The van der Waals surface area contributed by atoms with Crippen LogP contribution >= 0.6 is 0 Å². The van der Waals surface area contributed by atoms with Crippen LogP contribution in [0, 0.1) is 0 Å². The lowest BCUT2D eigenvalue weighted by Crippen LogP contribution is -3.11. The fourth-order valence-electron chi connectivity index (χ4n) is 5.47. The van der Waals surface area contributed by atoms with Gasteiger partial charge in [0.15, 0.2) is 0 Å². The Bertz CT molecular complexity index is 1350. The summed E-state index contributed by atoms with van der Waals surface area (Å²) in [6.07, 6.45) is -34.9. The predicted molar refractivity (Wildman–Crippen MR) is 89.0 cm³/mol. The zero-order chi connectivity index (χ0) is 42.4. The topological polar surface area (TPSA) is 58.9 Å². The molecule has 4 bridgehead atoms. The molecule has 0 aromatic heterocycles. The molecular weight excluding hydrogens is 850 g/mol. The lowest BCUT2D eigenvalue weighted by molar-refractivity contribution is -0.659. The van der Waals surface area contributed by atoms with Crippen LogP contribution in [0.2, 0.25) is 0 Å². The quantitative estimate of drug-likeness (QED) is 0.247.